The molecule has 2 aromatic rings. The summed E-state index contributed by atoms with van der Waals surface area (Å²) in [5, 5.41) is 15.9. The van der Waals surface area contributed by atoms with Crippen molar-refractivity contribution in [3.8, 4) is 0 Å². The Balaban J connectivity index is 2.23. The first-order valence-electron chi connectivity index (χ1n) is 5.14. The second-order valence-electron chi connectivity index (χ2n) is 3.89. The number of amides is 1. The summed E-state index contributed by atoms with van der Waals surface area (Å²) in [4.78, 5) is 11.9. The number of hydrogen-bond acceptors (Lipinski definition) is 4. The summed E-state index contributed by atoms with van der Waals surface area (Å²) in [5.74, 6) is 0.119. The Morgan fingerprint density at radius 2 is 1.82 bits per heavy atom. The van der Waals surface area contributed by atoms with Crippen molar-refractivity contribution in [2.24, 2.45) is 0 Å². The van der Waals surface area contributed by atoms with Gasteiger partial charge in [0.25, 0.3) is 5.91 Å². The molecule has 0 atom stereocenters. The van der Waals surface area contributed by atoms with Gasteiger partial charge in [-0.3, -0.25) is 15.0 Å². The van der Waals surface area contributed by atoms with Crippen molar-refractivity contribution in [3.05, 3.63) is 22.6 Å². The minimum Gasteiger partial charge on any atom is -0.395 e. The van der Waals surface area contributed by atoms with E-state index in [1.807, 2.05) is 13.8 Å². The summed E-state index contributed by atoms with van der Waals surface area (Å²) in [6.07, 6.45) is 0. The molecule has 5 N–H and O–H groups in total. The number of rotatable bonds is 2. The number of carbonyl (C=O) groups is 1. The Bertz CT molecular complexity index is 567. The monoisotopic (exact) mass is 234 g/mol. The van der Waals surface area contributed by atoms with Crippen molar-refractivity contribution in [2.75, 3.05) is 11.1 Å². The van der Waals surface area contributed by atoms with E-state index >= 15 is 0 Å². The number of anilines is 2. The third-order valence-electron chi connectivity index (χ3n) is 2.69. The first kappa shape index (κ1) is 11.2. The summed E-state index contributed by atoms with van der Waals surface area (Å²) < 4.78 is 0. The number of nitrogens with zero attached hydrogens (tertiary/aromatic N) is 2. The van der Waals surface area contributed by atoms with E-state index in [9.17, 15) is 4.79 Å². The lowest BCUT2D eigenvalue weighted by Crippen LogP contribution is -2.15. The molecular weight excluding hydrogens is 220 g/mol. The van der Waals surface area contributed by atoms with Crippen molar-refractivity contribution in [1.82, 2.24) is 20.4 Å². The van der Waals surface area contributed by atoms with Crippen LogP contribution in [-0.4, -0.2) is 26.3 Å². The van der Waals surface area contributed by atoms with E-state index in [-0.39, 0.29) is 11.6 Å². The fourth-order valence-electron chi connectivity index (χ4n) is 1.38. The lowest BCUT2D eigenvalue weighted by molar-refractivity contribution is 0.102. The predicted molar refractivity (Wildman–Crippen MR) is 63.8 cm³/mol. The zero-order chi connectivity index (χ0) is 12.6. The maximum Gasteiger partial charge on any atom is 0.279 e. The van der Waals surface area contributed by atoms with Crippen LogP contribution in [0.4, 0.5) is 11.5 Å². The molecule has 0 radical (unpaired) electrons. The molecule has 0 saturated carbocycles. The topological polar surface area (TPSA) is 112 Å². The molecule has 7 nitrogen and oxygen atoms in total. The lowest BCUT2D eigenvalue weighted by atomic mass is 10.2. The Morgan fingerprint density at radius 1 is 1.18 bits per heavy atom. The highest BCUT2D eigenvalue weighted by Crippen LogP contribution is 2.17. The highest BCUT2D eigenvalue weighted by molar-refractivity contribution is 6.06. The first-order valence-corrected chi connectivity index (χ1v) is 5.14. The number of nitrogens with one attached hydrogen (secondary N) is 3. The van der Waals surface area contributed by atoms with E-state index in [2.05, 4.69) is 25.7 Å². The number of aryl methyl sites for hydroxylation is 2. The van der Waals surface area contributed by atoms with Gasteiger partial charge in [0, 0.05) is 11.3 Å². The van der Waals surface area contributed by atoms with Crippen molar-refractivity contribution >= 4 is 17.4 Å². The summed E-state index contributed by atoms with van der Waals surface area (Å²) in [6.45, 7) is 5.50. The van der Waals surface area contributed by atoms with E-state index in [1.165, 1.54) is 0 Å². The largest absolute Gasteiger partial charge is 0.395 e. The van der Waals surface area contributed by atoms with Gasteiger partial charge in [-0.1, -0.05) is 0 Å². The summed E-state index contributed by atoms with van der Waals surface area (Å²) >= 11 is 0. The molecule has 2 rings (SSSR count). The Morgan fingerprint density at radius 3 is 2.29 bits per heavy atom. The maximum absolute atomic E-state index is 11.9. The Kier molecular flexibility index (Phi) is 2.58. The number of aromatic nitrogens is 4. The Labute approximate surface area is 97.8 Å². The standard InChI is InChI=1S/C10H14N6O/c1-4-5(2)13-16-9(4)12-10(17)8-7(11)6(3)14-15-8/h11H2,1-3H3,(H,14,15)(H2,12,13,16,17). The van der Waals surface area contributed by atoms with Gasteiger partial charge >= 0.3 is 0 Å². The van der Waals surface area contributed by atoms with E-state index in [1.54, 1.807) is 6.92 Å². The fourth-order valence-corrected chi connectivity index (χ4v) is 1.38. The zero-order valence-corrected chi connectivity index (χ0v) is 9.88. The fraction of sp³-hybridized carbons (Fsp3) is 0.300. The van der Waals surface area contributed by atoms with Crippen LogP contribution in [0.3, 0.4) is 0 Å². The number of H-pyrrole nitrogens is 2. The van der Waals surface area contributed by atoms with E-state index < -0.39 is 0 Å². The molecule has 0 unspecified atom stereocenters. The molecule has 7 heteroatoms. The minimum absolute atomic E-state index is 0.183. The van der Waals surface area contributed by atoms with Crippen molar-refractivity contribution in [3.63, 3.8) is 0 Å². The molecule has 0 aliphatic heterocycles. The van der Waals surface area contributed by atoms with Crippen LogP contribution in [-0.2, 0) is 0 Å². The number of nitrogen functional groups attached to an aromatic ring is 1. The highest BCUT2D eigenvalue weighted by Gasteiger charge is 2.17. The van der Waals surface area contributed by atoms with Crippen LogP contribution in [0.5, 0.6) is 0 Å². The molecular formula is C10H14N6O. The predicted octanol–water partition coefficient (Wildman–Crippen LogP) is 0.893. The van der Waals surface area contributed by atoms with Gasteiger partial charge in [-0.15, -0.1) is 0 Å². The van der Waals surface area contributed by atoms with Crippen LogP contribution in [0.15, 0.2) is 0 Å². The molecule has 0 aliphatic carbocycles. The average Bonchev–Trinajstić information content (AvgIpc) is 2.77. The summed E-state index contributed by atoms with van der Waals surface area (Å²) in [7, 11) is 0. The zero-order valence-electron chi connectivity index (χ0n) is 9.88. The molecule has 0 saturated heterocycles. The normalized spacial score (nSPS) is 10.5. The quantitative estimate of drug-likeness (QED) is 0.618. The number of aromatic amines is 2. The average molecular weight is 234 g/mol. The van der Waals surface area contributed by atoms with E-state index in [0.717, 1.165) is 11.3 Å². The minimum atomic E-state index is -0.374. The van der Waals surface area contributed by atoms with Gasteiger partial charge < -0.3 is 11.1 Å². The second-order valence-corrected chi connectivity index (χ2v) is 3.89. The van der Waals surface area contributed by atoms with Gasteiger partial charge in [0.15, 0.2) is 11.5 Å². The van der Waals surface area contributed by atoms with Gasteiger partial charge in [-0.25, -0.2) is 0 Å². The van der Waals surface area contributed by atoms with Gasteiger partial charge in [0.1, 0.15) is 0 Å². The van der Waals surface area contributed by atoms with Gasteiger partial charge in [0.2, 0.25) is 0 Å². The summed E-state index contributed by atoms with van der Waals surface area (Å²) in [5.41, 5.74) is 8.73. The molecule has 0 aromatic carbocycles. The van der Waals surface area contributed by atoms with Crippen molar-refractivity contribution in [1.29, 1.82) is 0 Å². The van der Waals surface area contributed by atoms with Crippen LogP contribution < -0.4 is 11.1 Å². The second kappa shape index (κ2) is 3.93. The van der Waals surface area contributed by atoms with Gasteiger partial charge in [-0.2, -0.15) is 10.2 Å². The van der Waals surface area contributed by atoms with Crippen molar-refractivity contribution in [2.45, 2.75) is 20.8 Å². The molecule has 0 fully saturated rings. The van der Waals surface area contributed by atoms with Gasteiger partial charge in [-0.05, 0) is 20.8 Å². The smallest absolute Gasteiger partial charge is 0.279 e. The van der Waals surface area contributed by atoms with E-state index in [4.69, 9.17) is 5.73 Å². The number of carbonyl (C=O) groups excluding carboxylic acids is 1. The number of hydrogen-bond donors (Lipinski definition) is 4. The molecule has 90 valence electrons. The molecule has 0 aliphatic rings. The molecule has 2 aromatic heterocycles. The molecule has 1 amide bonds. The van der Waals surface area contributed by atoms with Crippen molar-refractivity contribution < 1.29 is 4.79 Å². The number of nitrogens with two attached hydrogens (primary N) is 1. The van der Waals surface area contributed by atoms with Crippen LogP contribution in [0.2, 0.25) is 0 Å². The lowest BCUT2D eigenvalue weighted by Gasteiger charge is -2.01. The van der Waals surface area contributed by atoms with E-state index in [0.29, 0.717) is 17.2 Å². The molecule has 0 spiro atoms. The van der Waals surface area contributed by atoms with Crippen LogP contribution in [0, 0.1) is 20.8 Å². The third-order valence-corrected chi connectivity index (χ3v) is 2.69. The van der Waals surface area contributed by atoms with Crippen LogP contribution >= 0.6 is 0 Å². The highest BCUT2D eigenvalue weighted by atomic mass is 16.2. The molecule has 0 bridgehead atoms. The van der Waals surface area contributed by atoms with Crippen LogP contribution in [0.1, 0.15) is 27.4 Å². The molecule has 17 heavy (non-hydrogen) atoms. The van der Waals surface area contributed by atoms with Gasteiger partial charge in [0.05, 0.1) is 11.4 Å². The SMILES string of the molecule is Cc1[nH]nc(NC(=O)c2n[nH]c(C)c2N)c1C. The van der Waals surface area contributed by atoms with Crippen LogP contribution in [0.25, 0.3) is 0 Å². The maximum atomic E-state index is 11.9. The molecule has 2 heterocycles. The summed E-state index contributed by atoms with van der Waals surface area (Å²) in [6, 6.07) is 0. The Hall–Kier alpha value is -2.31. The third kappa shape index (κ3) is 1.86. The first-order chi connectivity index (χ1) is 8.00.